The zero-order chi connectivity index (χ0) is 18.8. The van der Waals surface area contributed by atoms with Crippen LogP contribution >= 0.6 is 0 Å². The third-order valence-electron chi connectivity index (χ3n) is 3.98. The van der Waals surface area contributed by atoms with E-state index in [-0.39, 0.29) is 22.9 Å². The van der Waals surface area contributed by atoms with Crippen LogP contribution in [-0.4, -0.2) is 58.1 Å². The standard InChI is InChI=1S/C14H19N3O6S2/c1-17(11-6-7-24(20,21)9-11)14(19)13(18)16-8-10-2-4-12(5-3-10)25(15,22)23/h2-5,11H,6-9H2,1H3,(H,16,18)(H2,15,22,23). The number of amides is 2. The zero-order valence-corrected chi connectivity index (χ0v) is 15.1. The molecule has 3 N–H and O–H groups in total. The maximum Gasteiger partial charge on any atom is 0.311 e. The first-order chi connectivity index (χ1) is 11.5. The maximum atomic E-state index is 12.1. The second kappa shape index (κ2) is 7.10. The van der Waals surface area contributed by atoms with Crippen LogP contribution in [0.5, 0.6) is 0 Å². The van der Waals surface area contributed by atoms with Gasteiger partial charge in [0.25, 0.3) is 0 Å². The van der Waals surface area contributed by atoms with Gasteiger partial charge in [0.1, 0.15) is 0 Å². The lowest BCUT2D eigenvalue weighted by Crippen LogP contribution is -2.46. The number of benzene rings is 1. The lowest BCUT2D eigenvalue weighted by Gasteiger charge is -2.22. The van der Waals surface area contributed by atoms with Crippen LogP contribution in [0, 0.1) is 0 Å². The van der Waals surface area contributed by atoms with E-state index >= 15 is 0 Å². The maximum absolute atomic E-state index is 12.1. The summed E-state index contributed by atoms with van der Waals surface area (Å²) in [5.74, 6) is -1.81. The number of carbonyl (C=O) groups excluding carboxylic acids is 2. The summed E-state index contributed by atoms with van der Waals surface area (Å²) in [5.41, 5.74) is 0.583. The minimum atomic E-state index is -3.79. The highest BCUT2D eigenvalue weighted by atomic mass is 32.2. The molecule has 1 aliphatic rings. The van der Waals surface area contributed by atoms with Gasteiger partial charge in [-0.3, -0.25) is 9.59 Å². The van der Waals surface area contributed by atoms with Crippen LogP contribution in [0.1, 0.15) is 12.0 Å². The molecule has 0 saturated carbocycles. The SMILES string of the molecule is CN(C(=O)C(=O)NCc1ccc(S(N)(=O)=O)cc1)C1CCS(=O)(=O)C1. The summed E-state index contributed by atoms with van der Waals surface area (Å²) in [5, 5.41) is 7.41. The van der Waals surface area contributed by atoms with E-state index in [1.165, 1.54) is 31.3 Å². The highest BCUT2D eigenvalue weighted by Crippen LogP contribution is 2.16. The molecule has 138 valence electrons. The number of sulfone groups is 1. The van der Waals surface area contributed by atoms with Crippen LogP contribution < -0.4 is 10.5 Å². The van der Waals surface area contributed by atoms with E-state index in [1.807, 2.05) is 0 Å². The largest absolute Gasteiger partial charge is 0.344 e. The molecule has 1 unspecified atom stereocenters. The molecule has 2 amide bonds. The summed E-state index contributed by atoms with van der Waals surface area (Å²) < 4.78 is 45.2. The molecule has 25 heavy (non-hydrogen) atoms. The number of nitrogens with one attached hydrogen (secondary N) is 1. The molecule has 11 heteroatoms. The Morgan fingerprint density at radius 2 is 1.88 bits per heavy atom. The van der Waals surface area contributed by atoms with Crippen LogP contribution in [0.2, 0.25) is 0 Å². The predicted octanol–water partition coefficient (Wildman–Crippen LogP) is -1.40. The number of nitrogens with two attached hydrogens (primary N) is 1. The molecular weight excluding hydrogens is 370 g/mol. The van der Waals surface area contributed by atoms with E-state index in [4.69, 9.17) is 5.14 Å². The second-order valence-electron chi connectivity index (χ2n) is 5.84. The number of nitrogens with zero attached hydrogens (tertiary/aromatic N) is 1. The third-order valence-corrected chi connectivity index (χ3v) is 6.66. The summed E-state index contributed by atoms with van der Waals surface area (Å²) >= 11 is 0. The molecule has 1 heterocycles. The van der Waals surface area contributed by atoms with Crippen molar-refractivity contribution >= 4 is 31.7 Å². The van der Waals surface area contributed by atoms with Crippen molar-refractivity contribution in [2.45, 2.75) is 23.9 Å². The van der Waals surface area contributed by atoms with Crippen molar-refractivity contribution < 1.29 is 26.4 Å². The van der Waals surface area contributed by atoms with E-state index in [2.05, 4.69) is 5.32 Å². The molecule has 1 aliphatic heterocycles. The Hall–Kier alpha value is -1.98. The molecule has 0 aliphatic carbocycles. The molecule has 0 bridgehead atoms. The minimum Gasteiger partial charge on any atom is -0.344 e. The Morgan fingerprint density at radius 3 is 2.36 bits per heavy atom. The second-order valence-corrected chi connectivity index (χ2v) is 9.63. The topological polar surface area (TPSA) is 144 Å². The molecule has 0 radical (unpaired) electrons. The van der Waals surface area contributed by atoms with E-state index in [0.717, 1.165) is 4.90 Å². The van der Waals surface area contributed by atoms with E-state index < -0.39 is 37.7 Å². The number of rotatable bonds is 4. The van der Waals surface area contributed by atoms with Gasteiger partial charge in [-0.15, -0.1) is 0 Å². The highest BCUT2D eigenvalue weighted by molar-refractivity contribution is 7.91. The summed E-state index contributed by atoms with van der Waals surface area (Å²) in [6.45, 7) is 0.0201. The Morgan fingerprint density at radius 1 is 1.28 bits per heavy atom. The van der Waals surface area contributed by atoms with Crippen LogP contribution in [0.3, 0.4) is 0 Å². The van der Waals surface area contributed by atoms with Gasteiger partial charge in [0.15, 0.2) is 9.84 Å². The molecule has 0 aromatic heterocycles. The molecule has 1 saturated heterocycles. The van der Waals surface area contributed by atoms with Crippen molar-refractivity contribution in [1.82, 2.24) is 10.2 Å². The Labute approximate surface area is 146 Å². The number of primary sulfonamides is 1. The van der Waals surface area contributed by atoms with E-state index in [0.29, 0.717) is 12.0 Å². The van der Waals surface area contributed by atoms with Gasteiger partial charge < -0.3 is 10.2 Å². The highest BCUT2D eigenvalue weighted by Gasteiger charge is 2.34. The van der Waals surface area contributed by atoms with Crippen molar-refractivity contribution in [2.24, 2.45) is 5.14 Å². The average molecular weight is 389 g/mol. The van der Waals surface area contributed by atoms with Crippen LogP contribution in [-0.2, 0) is 36.0 Å². The van der Waals surface area contributed by atoms with E-state index in [9.17, 15) is 26.4 Å². The van der Waals surface area contributed by atoms with E-state index in [1.54, 1.807) is 0 Å². The summed E-state index contributed by atoms with van der Waals surface area (Å²) in [6, 6.07) is 5.04. The molecule has 1 aromatic carbocycles. The van der Waals surface area contributed by atoms with Gasteiger partial charge in [-0.1, -0.05) is 12.1 Å². The van der Waals surface area contributed by atoms with Crippen LogP contribution in [0.25, 0.3) is 0 Å². The first-order valence-corrected chi connectivity index (χ1v) is 10.7. The number of likely N-dealkylation sites (N-methyl/N-ethyl adjacent to an activating group) is 1. The molecule has 9 nitrogen and oxygen atoms in total. The third kappa shape index (κ3) is 5.00. The number of carbonyl (C=O) groups is 2. The zero-order valence-electron chi connectivity index (χ0n) is 13.5. The van der Waals surface area contributed by atoms with Crippen molar-refractivity contribution in [3.63, 3.8) is 0 Å². The van der Waals surface area contributed by atoms with Crippen molar-refractivity contribution in [3.05, 3.63) is 29.8 Å². The van der Waals surface area contributed by atoms with Gasteiger partial charge in [-0.05, 0) is 24.1 Å². The fraction of sp³-hybridized carbons (Fsp3) is 0.429. The lowest BCUT2D eigenvalue weighted by molar-refractivity contribution is -0.146. The quantitative estimate of drug-likeness (QED) is 0.606. The average Bonchev–Trinajstić information content (AvgIpc) is 2.90. The van der Waals surface area contributed by atoms with Crippen molar-refractivity contribution in [3.8, 4) is 0 Å². The van der Waals surface area contributed by atoms with Gasteiger partial charge in [-0.2, -0.15) is 0 Å². The number of sulfonamides is 1. The van der Waals surface area contributed by atoms with Crippen molar-refractivity contribution in [2.75, 3.05) is 18.6 Å². The van der Waals surface area contributed by atoms with Crippen molar-refractivity contribution in [1.29, 1.82) is 0 Å². The van der Waals surface area contributed by atoms with Crippen LogP contribution in [0.15, 0.2) is 29.2 Å². The molecule has 2 rings (SSSR count). The number of hydrogen-bond acceptors (Lipinski definition) is 6. The summed E-state index contributed by atoms with van der Waals surface area (Å²) in [7, 11) is -5.55. The fourth-order valence-corrected chi connectivity index (χ4v) is 4.75. The van der Waals surface area contributed by atoms with Crippen LogP contribution in [0.4, 0.5) is 0 Å². The van der Waals surface area contributed by atoms with Gasteiger partial charge in [0.2, 0.25) is 10.0 Å². The summed E-state index contributed by atoms with van der Waals surface area (Å²) in [4.78, 5) is 25.1. The Bertz CT molecular complexity index is 878. The molecule has 1 fully saturated rings. The molecule has 0 spiro atoms. The van der Waals surface area contributed by atoms with Gasteiger partial charge >= 0.3 is 11.8 Å². The Kier molecular flexibility index (Phi) is 5.49. The molecular formula is C14H19N3O6S2. The normalized spacial score (nSPS) is 19.4. The van der Waals surface area contributed by atoms with Gasteiger partial charge in [0, 0.05) is 19.6 Å². The number of hydrogen-bond donors (Lipinski definition) is 2. The molecule has 1 atom stereocenters. The predicted molar refractivity (Wildman–Crippen MR) is 89.5 cm³/mol. The lowest BCUT2D eigenvalue weighted by atomic mass is 10.2. The fourth-order valence-electron chi connectivity index (χ4n) is 2.46. The molecule has 1 aromatic rings. The first kappa shape index (κ1) is 19.3. The monoisotopic (exact) mass is 389 g/mol. The summed E-state index contributed by atoms with van der Waals surface area (Å²) in [6.07, 6.45) is 0.312. The van der Waals surface area contributed by atoms with Gasteiger partial charge in [-0.25, -0.2) is 22.0 Å². The Balaban J connectivity index is 1.92. The first-order valence-electron chi connectivity index (χ1n) is 7.37. The smallest absolute Gasteiger partial charge is 0.311 e. The minimum absolute atomic E-state index is 0.00725. The van der Waals surface area contributed by atoms with Gasteiger partial charge in [0.05, 0.1) is 16.4 Å².